The van der Waals surface area contributed by atoms with Crippen LogP contribution in [0.4, 0.5) is 10.5 Å². The van der Waals surface area contributed by atoms with Crippen LogP contribution in [0.3, 0.4) is 0 Å². The third kappa shape index (κ3) is 3.96. The van der Waals surface area contributed by atoms with Crippen LogP contribution >= 0.6 is 22.6 Å². The Kier molecular flexibility index (Phi) is 5.79. The first-order valence-electron chi connectivity index (χ1n) is 11.0. The number of anilines is 1. The van der Waals surface area contributed by atoms with Crippen LogP contribution in [0, 0.1) is 5.92 Å². The van der Waals surface area contributed by atoms with Gasteiger partial charge >= 0.3 is 6.03 Å². The van der Waals surface area contributed by atoms with Crippen LogP contribution in [0.25, 0.3) is 21.9 Å². The molecule has 3 heterocycles. The smallest absolute Gasteiger partial charge is 0.331 e. The fourth-order valence-electron chi connectivity index (χ4n) is 4.66. The average molecular weight is 543 g/mol. The first-order valence-corrected chi connectivity index (χ1v) is 12.2. The van der Waals surface area contributed by atoms with E-state index in [2.05, 4.69) is 50.7 Å². The normalized spacial score (nSPS) is 19.8. The molecule has 1 aliphatic carbocycles. The van der Waals surface area contributed by atoms with E-state index in [0.717, 1.165) is 35.0 Å². The number of aromatic nitrogens is 4. The number of nitrogens with one attached hydrogen (secondary N) is 1. The minimum atomic E-state index is -0.282. The quantitative estimate of drug-likeness (QED) is 0.252. The zero-order valence-electron chi connectivity index (χ0n) is 18.2. The molecule has 8 heteroatoms. The number of pyridine rings is 1. The lowest BCUT2D eigenvalue weighted by molar-refractivity contribution is 0.254. The van der Waals surface area contributed by atoms with Gasteiger partial charge in [-0.25, -0.2) is 9.78 Å². The Morgan fingerprint density at radius 3 is 2.78 bits per heavy atom. The maximum atomic E-state index is 13.0. The van der Waals surface area contributed by atoms with Crippen LogP contribution in [0.1, 0.15) is 38.6 Å². The average Bonchev–Trinajstić information content (AvgIpc) is 3.42. The van der Waals surface area contributed by atoms with Gasteiger partial charge in [-0.05, 0) is 55.9 Å². The van der Waals surface area contributed by atoms with Crippen molar-refractivity contribution in [2.75, 3.05) is 12.4 Å². The largest absolute Gasteiger partial charge is 0.494 e. The number of carbonyl (C=O) groups excluding carboxylic acids is 1. The third-order valence-electron chi connectivity index (χ3n) is 6.52. The Balaban J connectivity index is 1.40. The second-order valence-corrected chi connectivity index (χ2v) is 10.5. The molecule has 0 radical (unpaired) electrons. The van der Waals surface area contributed by atoms with Gasteiger partial charge in [-0.15, -0.1) is 0 Å². The van der Waals surface area contributed by atoms with Crippen molar-refractivity contribution in [1.82, 2.24) is 19.3 Å². The maximum Gasteiger partial charge on any atom is 0.331 e. The lowest BCUT2D eigenvalue weighted by atomic mass is 9.84. The first kappa shape index (κ1) is 21.2. The van der Waals surface area contributed by atoms with Crippen molar-refractivity contribution in [2.45, 2.75) is 42.6 Å². The van der Waals surface area contributed by atoms with Crippen molar-refractivity contribution < 1.29 is 9.53 Å². The zero-order chi connectivity index (χ0) is 22.2. The Bertz CT molecular complexity index is 1270. The molecule has 0 bridgehead atoms. The van der Waals surface area contributed by atoms with E-state index in [1.165, 1.54) is 17.4 Å². The number of amides is 1. The summed E-state index contributed by atoms with van der Waals surface area (Å²) in [6.07, 6.45) is 10.3. The summed E-state index contributed by atoms with van der Waals surface area (Å²) in [5.41, 5.74) is 2.11. The molecule has 1 fully saturated rings. The monoisotopic (exact) mass is 543 g/mol. The third-order valence-corrected chi connectivity index (χ3v) is 7.53. The lowest BCUT2D eigenvalue weighted by Crippen LogP contribution is -2.22. The van der Waals surface area contributed by atoms with Gasteiger partial charge in [0.05, 0.1) is 24.4 Å². The second kappa shape index (κ2) is 8.73. The van der Waals surface area contributed by atoms with E-state index in [4.69, 9.17) is 9.84 Å². The molecule has 1 aromatic carbocycles. The van der Waals surface area contributed by atoms with E-state index in [0.29, 0.717) is 27.1 Å². The summed E-state index contributed by atoms with van der Waals surface area (Å²) < 4.78 is 9.89. The molecule has 0 saturated heterocycles. The highest BCUT2D eigenvalue weighted by Crippen LogP contribution is 2.37. The SMILES string of the molecule is COc1cc2nn(C3CCC(C(C)I)CC3)cc2cc1NC(=O)n1ccc2cccnc21. The number of halogens is 1. The fourth-order valence-corrected chi connectivity index (χ4v) is 5.38. The van der Waals surface area contributed by atoms with E-state index in [-0.39, 0.29) is 6.03 Å². The fraction of sp³-hybridized carbons (Fsp3) is 0.375. The van der Waals surface area contributed by atoms with Crippen LogP contribution in [0.15, 0.2) is 48.9 Å². The van der Waals surface area contributed by atoms with Crippen molar-refractivity contribution in [3.05, 3.63) is 48.9 Å². The Hall–Kier alpha value is -2.62. The van der Waals surface area contributed by atoms with Crippen LogP contribution < -0.4 is 10.1 Å². The van der Waals surface area contributed by atoms with Crippen molar-refractivity contribution in [3.63, 3.8) is 0 Å². The number of benzene rings is 1. The standard InChI is InChI=1S/C24H26IN5O2/c1-15(25)16-5-7-19(8-6-16)30-14-18-12-21(22(32-2)13-20(18)28-30)27-24(31)29-11-9-17-4-3-10-26-23(17)29/h3-4,9-16,19H,5-8H2,1-2H3,(H,27,31). The van der Waals surface area contributed by atoms with Gasteiger partial charge in [-0.2, -0.15) is 5.10 Å². The number of fused-ring (bicyclic) bond motifs is 2. The molecule has 32 heavy (non-hydrogen) atoms. The summed E-state index contributed by atoms with van der Waals surface area (Å²) in [4.78, 5) is 17.3. The number of rotatable bonds is 4. The minimum absolute atomic E-state index is 0.282. The van der Waals surface area contributed by atoms with Gasteiger partial charge < -0.3 is 10.1 Å². The van der Waals surface area contributed by atoms with Gasteiger partial charge in [0.15, 0.2) is 0 Å². The Labute approximate surface area is 200 Å². The predicted molar refractivity (Wildman–Crippen MR) is 135 cm³/mol. The van der Waals surface area contributed by atoms with Gasteiger partial charge in [0.2, 0.25) is 0 Å². The summed E-state index contributed by atoms with van der Waals surface area (Å²) in [7, 11) is 1.60. The molecular formula is C24H26IN5O2. The summed E-state index contributed by atoms with van der Waals surface area (Å²) in [6.45, 7) is 2.31. The van der Waals surface area contributed by atoms with Crippen molar-refractivity contribution in [2.24, 2.45) is 5.92 Å². The van der Waals surface area contributed by atoms with Gasteiger partial charge in [0.25, 0.3) is 0 Å². The number of alkyl halides is 1. The van der Waals surface area contributed by atoms with Crippen molar-refractivity contribution >= 4 is 56.2 Å². The van der Waals surface area contributed by atoms with Crippen LogP contribution in [0.2, 0.25) is 0 Å². The molecule has 1 N–H and O–H groups in total. The molecule has 4 aromatic rings. The number of nitrogens with zero attached hydrogens (tertiary/aromatic N) is 4. The van der Waals surface area contributed by atoms with Crippen molar-refractivity contribution in [1.29, 1.82) is 0 Å². The highest BCUT2D eigenvalue weighted by atomic mass is 127. The van der Waals surface area contributed by atoms with E-state index >= 15 is 0 Å². The predicted octanol–water partition coefficient (Wildman–Crippen LogP) is 6.03. The molecule has 1 unspecified atom stereocenters. The highest BCUT2D eigenvalue weighted by molar-refractivity contribution is 14.1. The van der Waals surface area contributed by atoms with Crippen molar-refractivity contribution in [3.8, 4) is 5.75 Å². The number of methoxy groups -OCH3 is 1. The summed E-state index contributed by atoms with van der Waals surface area (Å²) >= 11 is 2.55. The van der Waals surface area contributed by atoms with Gasteiger partial charge in [-0.3, -0.25) is 9.25 Å². The van der Waals surface area contributed by atoms with E-state index in [9.17, 15) is 4.79 Å². The molecular weight excluding hydrogens is 517 g/mol. The minimum Gasteiger partial charge on any atom is -0.494 e. The number of hydrogen-bond donors (Lipinski definition) is 1. The molecule has 7 nitrogen and oxygen atoms in total. The summed E-state index contributed by atoms with van der Waals surface area (Å²) in [5, 5.41) is 9.71. The van der Waals surface area contributed by atoms with E-state index in [1.807, 2.05) is 30.3 Å². The Morgan fingerprint density at radius 2 is 2.03 bits per heavy atom. The maximum absolute atomic E-state index is 13.0. The molecule has 0 aliphatic heterocycles. The van der Waals surface area contributed by atoms with Gasteiger partial charge in [0, 0.05) is 39.4 Å². The molecule has 0 spiro atoms. The summed E-state index contributed by atoms with van der Waals surface area (Å²) in [5.74, 6) is 1.39. The first-order chi connectivity index (χ1) is 15.5. The topological polar surface area (TPSA) is 74.0 Å². The molecule has 166 valence electrons. The van der Waals surface area contributed by atoms with Crippen LogP contribution in [0.5, 0.6) is 5.75 Å². The van der Waals surface area contributed by atoms with E-state index < -0.39 is 0 Å². The highest BCUT2D eigenvalue weighted by Gasteiger charge is 2.26. The second-order valence-electron chi connectivity index (χ2n) is 8.50. The molecule has 1 aliphatic rings. The van der Waals surface area contributed by atoms with Gasteiger partial charge in [-0.1, -0.05) is 29.5 Å². The number of ether oxygens (including phenoxy) is 1. The Morgan fingerprint density at radius 1 is 1.22 bits per heavy atom. The summed E-state index contributed by atoms with van der Waals surface area (Å²) in [6, 6.07) is 9.64. The molecule has 1 saturated carbocycles. The number of carbonyl (C=O) groups is 1. The molecule has 5 rings (SSSR count). The van der Waals surface area contributed by atoms with E-state index in [1.54, 1.807) is 19.5 Å². The molecule has 1 amide bonds. The molecule has 1 atom stereocenters. The van der Waals surface area contributed by atoms with Crippen LogP contribution in [-0.4, -0.2) is 36.4 Å². The number of hydrogen-bond acceptors (Lipinski definition) is 4. The zero-order valence-corrected chi connectivity index (χ0v) is 20.3. The van der Waals surface area contributed by atoms with Gasteiger partial charge in [0.1, 0.15) is 11.4 Å². The van der Waals surface area contributed by atoms with Crippen LogP contribution in [-0.2, 0) is 0 Å². The lowest BCUT2D eigenvalue weighted by Gasteiger charge is -2.30. The molecule has 3 aromatic heterocycles.